The summed E-state index contributed by atoms with van der Waals surface area (Å²) in [6.07, 6.45) is 0.227. The first-order chi connectivity index (χ1) is 10.1. The number of fused-ring (bicyclic) bond motifs is 1. The van der Waals surface area contributed by atoms with Gasteiger partial charge in [-0.15, -0.1) is 11.8 Å². The largest absolute Gasteiger partial charge is 0.481 e. The number of nitrogens with zero attached hydrogens (tertiary/aromatic N) is 2. The molecule has 0 fully saturated rings. The van der Waals surface area contributed by atoms with E-state index in [1.54, 1.807) is 4.68 Å². The molecule has 0 aliphatic heterocycles. The van der Waals surface area contributed by atoms with Crippen molar-refractivity contribution in [3.63, 3.8) is 0 Å². The van der Waals surface area contributed by atoms with Gasteiger partial charge in [0.15, 0.2) is 0 Å². The van der Waals surface area contributed by atoms with E-state index in [1.807, 2.05) is 31.3 Å². The van der Waals surface area contributed by atoms with E-state index in [0.717, 1.165) is 16.6 Å². The minimum atomic E-state index is -0.841. The Bertz CT molecular complexity index is 654. The number of aromatic nitrogens is 2. The number of carbonyl (C=O) groups is 2. The van der Waals surface area contributed by atoms with Gasteiger partial charge in [-0.2, -0.15) is 5.10 Å². The summed E-state index contributed by atoms with van der Waals surface area (Å²) in [7, 11) is 1.85. The summed E-state index contributed by atoms with van der Waals surface area (Å²) in [5.74, 6) is -0.303. The molecule has 1 heterocycles. The predicted molar refractivity (Wildman–Crippen MR) is 82.4 cm³/mol. The molecule has 0 saturated heterocycles. The quantitative estimate of drug-likeness (QED) is 0.747. The van der Waals surface area contributed by atoms with Crippen LogP contribution in [0.1, 0.15) is 5.69 Å². The molecule has 0 radical (unpaired) electrons. The molecular weight excluding hydrogens is 290 g/mol. The van der Waals surface area contributed by atoms with Gasteiger partial charge in [0, 0.05) is 24.7 Å². The predicted octanol–water partition coefficient (Wildman–Crippen LogP) is 1.05. The molecule has 0 bridgehead atoms. The maximum atomic E-state index is 11.9. The van der Waals surface area contributed by atoms with Crippen molar-refractivity contribution >= 4 is 34.5 Å². The summed E-state index contributed by atoms with van der Waals surface area (Å²) in [5.41, 5.74) is 1.75. The highest BCUT2D eigenvalue weighted by atomic mass is 32.2. The molecule has 0 unspecified atom stereocenters. The van der Waals surface area contributed by atoms with E-state index in [-0.39, 0.29) is 18.1 Å². The summed E-state index contributed by atoms with van der Waals surface area (Å²) in [6.45, 7) is 0.460. The van der Waals surface area contributed by atoms with Gasteiger partial charge in [0.1, 0.15) is 0 Å². The molecule has 1 amide bonds. The van der Waals surface area contributed by atoms with Gasteiger partial charge in [0.2, 0.25) is 5.91 Å². The van der Waals surface area contributed by atoms with Gasteiger partial charge in [0.25, 0.3) is 0 Å². The summed E-state index contributed by atoms with van der Waals surface area (Å²) in [5, 5.41) is 16.6. The molecular formula is C14H17N3O3S. The van der Waals surface area contributed by atoms with E-state index in [2.05, 4.69) is 10.4 Å². The average Bonchev–Trinajstić information content (AvgIpc) is 2.75. The van der Waals surface area contributed by atoms with Gasteiger partial charge in [-0.25, -0.2) is 0 Å². The normalized spacial score (nSPS) is 10.7. The number of rotatable bonds is 7. The van der Waals surface area contributed by atoms with Crippen molar-refractivity contribution in [3.8, 4) is 0 Å². The molecule has 2 aromatic rings. The van der Waals surface area contributed by atoms with Crippen LogP contribution in [0.2, 0.25) is 0 Å². The van der Waals surface area contributed by atoms with Crippen molar-refractivity contribution < 1.29 is 14.7 Å². The molecule has 1 aromatic heterocycles. The topological polar surface area (TPSA) is 84.2 Å². The summed E-state index contributed by atoms with van der Waals surface area (Å²) >= 11 is 1.28. The van der Waals surface area contributed by atoms with E-state index in [9.17, 15) is 9.59 Å². The van der Waals surface area contributed by atoms with Crippen LogP contribution < -0.4 is 5.32 Å². The van der Waals surface area contributed by atoms with Crippen LogP contribution in [0.5, 0.6) is 0 Å². The zero-order chi connectivity index (χ0) is 15.2. The number of nitrogens with one attached hydrogen (secondary N) is 1. The van der Waals surface area contributed by atoms with Crippen molar-refractivity contribution in [2.45, 2.75) is 6.42 Å². The fourth-order valence-corrected chi connectivity index (χ4v) is 2.62. The summed E-state index contributed by atoms with van der Waals surface area (Å²) in [6, 6.07) is 7.78. The number of hydrogen-bond donors (Lipinski definition) is 2. The van der Waals surface area contributed by atoms with Crippen LogP contribution in [0, 0.1) is 0 Å². The fourth-order valence-electron chi connectivity index (χ4n) is 2.06. The molecule has 2 N–H and O–H groups in total. The third kappa shape index (κ3) is 4.22. The molecule has 6 nitrogen and oxygen atoms in total. The third-order valence-corrected chi connectivity index (χ3v) is 3.90. The third-order valence-electron chi connectivity index (χ3n) is 2.96. The number of hydrogen-bond acceptors (Lipinski definition) is 4. The Hall–Kier alpha value is -2.02. The first kappa shape index (κ1) is 15.4. The lowest BCUT2D eigenvalue weighted by atomic mass is 10.1. The van der Waals surface area contributed by atoms with E-state index >= 15 is 0 Å². The van der Waals surface area contributed by atoms with Crippen LogP contribution in [-0.4, -0.2) is 44.8 Å². The first-order valence-corrected chi connectivity index (χ1v) is 7.70. The number of carbonyl (C=O) groups excluding carboxylic acids is 1. The molecule has 0 aliphatic carbocycles. The molecule has 0 atom stereocenters. The van der Waals surface area contributed by atoms with E-state index in [4.69, 9.17) is 5.11 Å². The number of thioether (sulfide) groups is 1. The van der Waals surface area contributed by atoms with Gasteiger partial charge < -0.3 is 10.4 Å². The fraction of sp³-hybridized carbons (Fsp3) is 0.357. The van der Waals surface area contributed by atoms with Crippen LogP contribution in [0.3, 0.4) is 0 Å². The highest BCUT2D eigenvalue weighted by Gasteiger charge is 2.11. The summed E-state index contributed by atoms with van der Waals surface area (Å²) in [4.78, 5) is 22.2. The monoisotopic (exact) mass is 307 g/mol. The standard InChI is InChI=1S/C14H17N3O3S/c1-17-12-5-3-2-4-10(12)11(16-17)8-13(18)15-6-7-21-9-14(19)20/h2-5H,6-9H2,1H3,(H,15,18)(H,19,20). The van der Waals surface area contributed by atoms with Gasteiger partial charge in [0.05, 0.1) is 23.4 Å². The molecule has 0 saturated carbocycles. The van der Waals surface area contributed by atoms with Crippen LogP contribution in [0.25, 0.3) is 10.9 Å². The highest BCUT2D eigenvalue weighted by Crippen LogP contribution is 2.17. The second-order valence-corrected chi connectivity index (χ2v) is 5.67. The number of para-hydroxylation sites is 1. The van der Waals surface area contributed by atoms with Crippen LogP contribution in [-0.2, 0) is 23.1 Å². The second-order valence-electron chi connectivity index (χ2n) is 4.56. The summed E-state index contributed by atoms with van der Waals surface area (Å²) < 4.78 is 1.76. The SMILES string of the molecule is Cn1nc(CC(=O)NCCSCC(=O)O)c2ccccc21. The van der Waals surface area contributed by atoms with Gasteiger partial charge in [-0.3, -0.25) is 14.3 Å². The Morgan fingerprint density at radius 2 is 2.14 bits per heavy atom. The molecule has 2 rings (SSSR count). The number of carboxylic acids is 1. The van der Waals surface area contributed by atoms with Gasteiger partial charge >= 0.3 is 5.97 Å². The van der Waals surface area contributed by atoms with Crippen LogP contribution in [0.15, 0.2) is 24.3 Å². The Labute approximate surface area is 126 Å². The Balaban J connectivity index is 1.86. The van der Waals surface area contributed by atoms with Crippen molar-refractivity contribution in [1.29, 1.82) is 0 Å². The first-order valence-electron chi connectivity index (χ1n) is 6.55. The number of amides is 1. The maximum Gasteiger partial charge on any atom is 0.313 e. The lowest BCUT2D eigenvalue weighted by molar-refractivity contribution is -0.133. The van der Waals surface area contributed by atoms with Crippen molar-refractivity contribution in [1.82, 2.24) is 15.1 Å². The molecule has 1 aromatic carbocycles. The Morgan fingerprint density at radius 1 is 1.38 bits per heavy atom. The van der Waals surface area contributed by atoms with Gasteiger partial charge in [-0.05, 0) is 6.07 Å². The lowest BCUT2D eigenvalue weighted by Gasteiger charge is -2.03. The molecule has 0 spiro atoms. The number of aryl methyl sites for hydroxylation is 1. The molecule has 0 aliphatic rings. The molecule has 7 heteroatoms. The van der Waals surface area contributed by atoms with E-state index < -0.39 is 5.97 Å². The molecule has 112 valence electrons. The van der Waals surface area contributed by atoms with Gasteiger partial charge in [-0.1, -0.05) is 18.2 Å². The maximum absolute atomic E-state index is 11.9. The molecule has 21 heavy (non-hydrogen) atoms. The van der Waals surface area contributed by atoms with Crippen molar-refractivity contribution in [2.24, 2.45) is 7.05 Å². The second kappa shape index (κ2) is 7.12. The van der Waals surface area contributed by atoms with Crippen molar-refractivity contribution in [3.05, 3.63) is 30.0 Å². The zero-order valence-corrected chi connectivity index (χ0v) is 12.5. The van der Waals surface area contributed by atoms with E-state index in [1.165, 1.54) is 11.8 Å². The number of benzene rings is 1. The Morgan fingerprint density at radius 3 is 2.90 bits per heavy atom. The van der Waals surface area contributed by atoms with Crippen LogP contribution in [0.4, 0.5) is 0 Å². The van der Waals surface area contributed by atoms with Crippen molar-refractivity contribution in [2.75, 3.05) is 18.1 Å². The van der Waals surface area contributed by atoms with Crippen LogP contribution >= 0.6 is 11.8 Å². The average molecular weight is 307 g/mol. The number of aliphatic carboxylic acids is 1. The zero-order valence-electron chi connectivity index (χ0n) is 11.7. The Kier molecular flexibility index (Phi) is 5.21. The minimum Gasteiger partial charge on any atom is -0.481 e. The smallest absolute Gasteiger partial charge is 0.313 e. The minimum absolute atomic E-state index is 0.0563. The lowest BCUT2D eigenvalue weighted by Crippen LogP contribution is -2.27. The number of carboxylic acid groups (broad SMARTS) is 1. The highest BCUT2D eigenvalue weighted by molar-refractivity contribution is 7.99. The van der Waals surface area contributed by atoms with E-state index in [0.29, 0.717) is 12.3 Å².